The fraction of sp³-hybridized carbons (Fsp3) is 0.481. The zero-order valence-electron chi connectivity index (χ0n) is 21.2. The molecule has 0 radical (unpaired) electrons. The average molecular weight is 480 g/mol. The zero-order chi connectivity index (χ0) is 25.3. The van der Waals surface area contributed by atoms with Crippen LogP contribution in [0.1, 0.15) is 69.4 Å². The lowest BCUT2D eigenvalue weighted by Gasteiger charge is -2.39. The minimum Gasteiger partial charge on any atom is -0.336 e. The van der Waals surface area contributed by atoms with Crippen molar-refractivity contribution >= 4 is 17.5 Å². The Balaban J connectivity index is 1.56. The number of fused-ring (bicyclic) bond motifs is 1. The van der Waals surface area contributed by atoms with Crippen LogP contribution in [0, 0.1) is 11.7 Å². The molecule has 1 saturated heterocycles. The van der Waals surface area contributed by atoms with Crippen LogP contribution < -0.4 is 0 Å². The smallest absolute Gasteiger partial charge is 0.274 e. The van der Waals surface area contributed by atoms with Crippen molar-refractivity contribution in [2.45, 2.75) is 59.4 Å². The van der Waals surface area contributed by atoms with E-state index in [-0.39, 0.29) is 29.6 Å². The third kappa shape index (κ3) is 5.36. The van der Waals surface area contributed by atoms with Gasteiger partial charge in [0.25, 0.3) is 5.91 Å². The summed E-state index contributed by atoms with van der Waals surface area (Å²) in [6, 6.07) is 8.12. The zero-order valence-corrected chi connectivity index (χ0v) is 21.2. The van der Waals surface area contributed by atoms with Gasteiger partial charge in [-0.15, -0.1) is 0 Å². The Kier molecular flexibility index (Phi) is 7.19. The highest BCUT2D eigenvalue weighted by Crippen LogP contribution is 2.26. The minimum atomic E-state index is -0.301. The molecular formula is C27H34FN5O2. The summed E-state index contributed by atoms with van der Waals surface area (Å²) in [6.07, 6.45) is 3.08. The van der Waals surface area contributed by atoms with Gasteiger partial charge in [0.05, 0.1) is 11.9 Å². The third-order valence-electron chi connectivity index (χ3n) is 6.61. The van der Waals surface area contributed by atoms with Gasteiger partial charge in [-0.05, 0) is 55.5 Å². The monoisotopic (exact) mass is 479 g/mol. The van der Waals surface area contributed by atoms with Crippen molar-refractivity contribution in [3.8, 4) is 11.3 Å². The van der Waals surface area contributed by atoms with Gasteiger partial charge in [-0.3, -0.25) is 9.59 Å². The third-order valence-corrected chi connectivity index (χ3v) is 6.61. The molecule has 1 aromatic carbocycles. The number of carbonyl (C=O) groups is 2. The molecule has 0 aliphatic carbocycles. The molecule has 4 rings (SSSR count). The molecule has 3 heterocycles. The van der Waals surface area contributed by atoms with Crippen LogP contribution in [0.2, 0.25) is 0 Å². The van der Waals surface area contributed by atoms with Gasteiger partial charge in [0.2, 0.25) is 5.91 Å². The number of amides is 2. The number of hydrogen-bond donors (Lipinski definition) is 0. The summed E-state index contributed by atoms with van der Waals surface area (Å²) < 4.78 is 15.0. The molecule has 0 N–H and O–H groups in total. The molecule has 3 aromatic rings. The first kappa shape index (κ1) is 24.8. The molecule has 2 amide bonds. The Bertz CT molecular complexity index is 1220. The largest absolute Gasteiger partial charge is 0.336 e. The van der Waals surface area contributed by atoms with Crippen LogP contribution in [0.3, 0.4) is 0 Å². The molecule has 0 bridgehead atoms. The Labute approximate surface area is 205 Å². The number of benzene rings is 1. The Hall–Kier alpha value is -3.29. The SMILES string of the molecule is CC(C)CCC(=O)N1CCN(C(=O)c2cn3nc(-c4ccc(F)cc4)cc(C(C)C)c3n2)C[C@@H]1C. The van der Waals surface area contributed by atoms with Crippen molar-refractivity contribution in [2.24, 2.45) is 5.92 Å². The summed E-state index contributed by atoms with van der Waals surface area (Å²) >= 11 is 0. The summed E-state index contributed by atoms with van der Waals surface area (Å²) in [5, 5.41) is 4.66. The molecule has 1 aliphatic rings. The van der Waals surface area contributed by atoms with E-state index in [0.717, 1.165) is 17.5 Å². The molecule has 0 saturated carbocycles. The summed E-state index contributed by atoms with van der Waals surface area (Å²) in [7, 11) is 0. The molecule has 1 atom stereocenters. The number of carbonyl (C=O) groups excluding carboxylic acids is 2. The molecule has 2 aromatic heterocycles. The van der Waals surface area contributed by atoms with E-state index in [4.69, 9.17) is 0 Å². The first-order chi connectivity index (χ1) is 16.6. The number of hydrogen-bond acceptors (Lipinski definition) is 4. The molecule has 186 valence electrons. The number of piperazine rings is 1. The number of halogens is 1. The molecule has 0 unspecified atom stereocenters. The van der Waals surface area contributed by atoms with Crippen molar-refractivity contribution in [3.05, 3.63) is 53.6 Å². The van der Waals surface area contributed by atoms with E-state index >= 15 is 0 Å². The Morgan fingerprint density at radius 2 is 1.83 bits per heavy atom. The summed E-state index contributed by atoms with van der Waals surface area (Å²) in [5.74, 6) is 0.343. The second kappa shape index (κ2) is 10.1. The van der Waals surface area contributed by atoms with Crippen molar-refractivity contribution < 1.29 is 14.0 Å². The predicted octanol–water partition coefficient (Wildman–Crippen LogP) is 4.77. The lowest BCUT2D eigenvalue weighted by molar-refractivity contribution is -0.135. The van der Waals surface area contributed by atoms with E-state index in [1.54, 1.807) is 27.7 Å². The van der Waals surface area contributed by atoms with E-state index in [1.807, 2.05) is 17.9 Å². The molecule has 8 heteroatoms. The highest BCUT2D eigenvalue weighted by molar-refractivity contribution is 5.93. The maximum absolute atomic E-state index is 13.4. The Morgan fingerprint density at radius 3 is 2.46 bits per heavy atom. The molecule has 35 heavy (non-hydrogen) atoms. The van der Waals surface area contributed by atoms with E-state index in [1.165, 1.54) is 12.1 Å². The summed E-state index contributed by atoms with van der Waals surface area (Å²) in [6.45, 7) is 11.8. The maximum atomic E-state index is 13.4. The van der Waals surface area contributed by atoms with Gasteiger partial charge in [0, 0.05) is 43.2 Å². The van der Waals surface area contributed by atoms with Gasteiger partial charge in [0.15, 0.2) is 5.65 Å². The Morgan fingerprint density at radius 1 is 1.11 bits per heavy atom. The van der Waals surface area contributed by atoms with Crippen LogP contribution >= 0.6 is 0 Å². The van der Waals surface area contributed by atoms with Gasteiger partial charge >= 0.3 is 0 Å². The number of rotatable bonds is 6. The molecule has 1 aliphatic heterocycles. The van der Waals surface area contributed by atoms with E-state index in [0.29, 0.717) is 49.0 Å². The van der Waals surface area contributed by atoms with Gasteiger partial charge < -0.3 is 9.80 Å². The predicted molar refractivity (Wildman–Crippen MR) is 134 cm³/mol. The summed E-state index contributed by atoms with van der Waals surface area (Å²) in [5.41, 5.74) is 3.43. The fourth-order valence-corrected chi connectivity index (χ4v) is 4.52. The topological polar surface area (TPSA) is 70.8 Å². The number of imidazole rings is 1. The first-order valence-electron chi connectivity index (χ1n) is 12.4. The van der Waals surface area contributed by atoms with Crippen LogP contribution in [0.15, 0.2) is 36.5 Å². The highest BCUT2D eigenvalue weighted by atomic mass is 19.1. The van der Waals surface area contributed by atoms with E-state index in [9.17, 15) is 14.0 Å². The van der Waals surface area contributed by atoms with Crippen LogP contribution in [0.25, 0.3) is 16.9 Å². The quantitative estimate of drug-likeness (QED) is 0.511. The van der Waals surface area contributed by atoms with Crippen molar-refractivity contribution in [1.82, 2.24) is 24.4 Å². The van der Waals surface area contributed by atoms with E-state index in [2.05, 4.69) is 37.8 Å². The summed E-state index contributed by atoms with van der Waals surface area (Å²) in [4.78, 5) is 34.3. The van der Waals surface area contributed by atoms with Crippen molar-refractivity contribution in [3.63, 3.8) is 0 Å². The normalized spacial score (nSPS) is 16.5. The molecule has 7 nitrogen and oxygen atoms in total. The fourth-order valence-electron chi connectivity index (χ4n) is 4.52. The lowest BCUT2D eigenvalue weighted by Crippen LogP contribution is -2.55. The average Bonchev–Trinajstić information content (AvgIpc) is 3.25. The van der Waals surface area contributed by atoms with Gasteiger partial charge in [-0.1, -0.05) is 27.7 Å². The second-order valence-electron chi connectivity index (χ2n) is 10.2. The van der Waals surface area contributed by atoms with Crippen molar-refractivity contribution in [1.29, 1.82) is 0 Å². The molecule has 1 fully saturated rings. The molecular weight excluding hydrogens is 445 g/mol. The van der Waals surface area contributed by atoms with Crippen molar-refractivity contribution in [2.75, 3.05) is 19.6 Å². The van der Waals surface area contributed by atoms with Crippen LogP contribution in [0.4, 0.5) is 4.39 Å². The molecule has 0 spiro atoms. The first-order valence-corrected chi connectivity index (χ1v) is 12.4. The maximum Gasteiger partial charge on any atom is 0.274 e. The van der Waals surface area contributed by atoms with Gasteiger partial charge in [-0.2, -0.15) is 5.10 Å². The van der Waals surface area contributed by atoms with Gasteiger partial charge in [-0.25, -0.2) is 13.9 Å². The minimum absolute atomic E-state index is 0.0428. The van der Waals surface area contributed by atoms with Crippen LogP contribution in [0.5, 0.6) is 0 Å². The lowest BCUT2D eigenvalue weighted by atomic mass is 10.0. The second-order valence-corrected chi connectivity index (χ2v) is 10.2. The van der Waals surface area contributed by atoms with Crippen LogP contribution in [-0.2, 0) is 4.79 Å². The standard InChI is InChI=1S/C27H34FN5O2/c1-17(2)6-11-25(34)32-13-12-31(15-19(32)5)27(35)24-16-33-26(29-24)22(18(3)4)14-23(30-33)20-7-9-21(28)10-8-20/h7-10,14,16-19H,6,11-13,15H2,1-5H3/t19-/m0/s1. The number of aromatic nitrogens is 3. The van der Waals surface area contributed by atoms with E-state index < -0.39 is 0 Å². The van der Waals surface area contributed by atoms with Crippen LogP contribution in [-0.4, -0.2) is 61.9 Å². The highest BCUT2D eigenvalue weighted by Gasteiger charge is 2.31. The van der Waals surface area contributed by atoms with Gasteiger partial charge in [0.1, 0.15) is 11.5 Å². The number of nitrogens with zero attached hydrogens (tertiary/aromatic N) is 5.